The fourth-order valence-corrected chi connectivity index (χ4v) is 4.16. The van der Waals surface area contributed by atoms with Gasteiger partial charge in [0.1, 0.15) is 11.5 Å². The first-order valence-electron chi connectivity index (χ1n) is 10.6. The van der Waals surface area contributed by atoms with E-state index in [0.717, 1.165) is 0 Å². The van der Waals surface area contributed by atoms with Crippen LogP contribution in [0.1, 0.15) is 30.5 Å². The molecule has 3 heterocycles. The normalized spacial score (nSPS) is 17.5. The highest BCUT2D eigenvalue weighted by Gasteiger charge is 2.45. The van der Waals surface area contributed by atoms with Gasteiger partial charge in [-0.3, -0.25) is 14.6 Å². The Morgan fingerprint density at radius 2 is 1.91 bits per heavy atom. The average molecular weight is 467 g/mol. The molecule has 4 rings (SSSR count). The van der Waals surface area contributed by atoms with Crippen molar-refractivity contribution in [1.82, 2.24) is 19.4 Å². The number of aryl methyl sites for hydroxylation is 1. The molecule has 0 saturated carbocycles. The van der Waals surface area contributed by atoms with Crippen LogP contribution in [0, 0.1) is 0 Å². The van der Waals surface area contributed by atoms with E-state index in [1.165, 1.54) is 11.0 Å². The van der Waals surface area contributed by atoms with E-state index in [9.17, 15) is 14.7 Å². The first-order chi connectivity index (χ1) is 16.0. The molecule has 9 heteroatoms. The van der Waals surface area contributed by atoms with Gasteiger partial charge in [0, 0.05) is 43.4 Å². The van der Waals surface area contributed by atoms with Crippen molar-refractivity contribution in [1.29, 1.82) is 0 Å². The molecule has 8 nitrogen and oxygen atoms in total. The van der Waals surface area contributed by atoms with E-state index in [1.807, 2.05) is 17.7 Å². The summed E-state index contributed by atoms with van der Waals surface area (Å²) in [7, 11) is 0. The molecule has 0 bridgehead atoms. The number of ketones is 1. The first-order valence-corrected chi connectivity index (χ1v) is 11.0. The molecule has 0 radical (unpaired) electrons. The Morgan fingerprint density at radius 3 is 2.58 bits per heavy atom. The van der Waals surface area contributed by atoms with E-state index in [1.54, 1.807) is 49.2 Å². The number of benzene rings is 1. The predicted octanol–water partition coefficient (Wildman–Crippen LogP) is 3.84. The number of pyridine rings is 1. The van der Waals surface area contributed by atoms with Gasteiger partial charge in [0.2, 0.25) is 0 Å². The Morgan fingerprint density at radius 1 is 1.12 bits per heavy atom. The molecule has 0 unspecified atom stereocenters. The molecule has 33 heavy (non-hydrogen) atoms. The number of hydrogen-bond acceptors (Lipinski definition) is 6. The Labute approximate surface area is 196 Å². The summed E-state index contributed by atoms with van der Waals surface area (Å²) in [5.41, 5.74) is 1.04. The van der Waals surface area contributed by atoms with Gasteiger partial charge in [0.25, 0.3) is 11.7 Å². The van der Waals surface area contributed by atoms with Crippen molar-refractivity contribution in [2.75, 3.05) is 13.2 Å². The zero-order valence-electron chi connectivity index (χ0n) is 18.0. The molecule has 170 valence electrons. The maximum atomic E-state index is 13.1. The monoisotopic (exact) mass is 466 g/mol. The molecule has 1 saturated heterocycles. The third-order valence-electron chi connectivity index (χ3n) is 5.44. The number of aromatic nitrogens is 3. The van der Waals surface area contributed by atoms with Crippen LogP contribution in [0.2, 0.25) is 5.02 Å². The van der Waals surface area contributed by atoms with Crippen molar-refractivity contribution in [2.45, 2.75) is 25.9 Å². The summed E-state index contributed by atoms with van der Waals surface area (Å²) in [6, 6.07) is 7.50. The van der Waals surface area contributed by atoms with Crippen LogP contribution in [0.5, 0.6) is 5.75 Å². The Hall–Kier alpha value is -3.65. The van der Waals surface area contributed by atoms with Crippen LogP contribution in [-0.4, -0.2) is 49.4 Å². The van der Waals surface area contributed by atoms with E-state index in [-0.39, 0.29) is 11.3 Å². The van der Waals surface area contributed by atoms with Crippen molar-refractivity contribution in [3.63, 3.8) is 0 Å². The number of aliphatic hydroxyl groups is 1. The molecule has 1 aromatic carbocycles. The van der Waals surface area contributed by atoms with Crippen LogP contribution in [-0.2, 0) is 16.1 Å². The number of nitrogens with zero attached hydrogens (tertiary/aromatic N) is 4. The minimum absolute atomic E-state index is 0.0223. The van der Waals surface area contributed by atoms with Gasteiger partial charge in [-0.05, 0) is 49.2 Å². The number of likely N-dealkylation sites (tertiary alicyclic amines) is 1. The minimum atomic E-state index is -0.735. The highest BCUT2D eigenvalue weighted by Crippen LogP contribution is 2.40. The second-order valence-corrected chi connectivity index (χ2v) is 7.91. The molecule has 0 spiro atoms. The summed E-state index contributed by atoms with van der Waals surface area (Å²) in [6.07, 6.45) is 9.02. The SMILES string of the molecule is CCOc1ccc(/C(O)=C2\C(=O)C(=O)N(CCCn3ccnc3)[C@@H]2c2ccncc2)cc1Cl. The van der Waals surface area contributed by atoms with Crippen molar-refractivity contribution in [2.24, 2.45) is 0 Å². The number of aliphatic hydroxyl groups excluding tert-OH is 1. The molecule has 0 aliphatic carbocycles. The number of hydrogen-bond donors (Lipinski definition) is 1. The third-order valence-corrected chi connectivity index (χ3v) is 5.74. The fourth-order valence-electron chi connectivity index (χ4n) is 3.92. The highest BCUT2D eigenvalue weighted by atomic mass is 35.5. The highest BCUT2D eigenvalue weighted by molar-refractivity contribution is 6.46. The van der Waals surface area contributed by atoms with Crippen molar-refractivity contribution >= 4 is 29.1 Å². The summed E-state index contributed by atoms with van der Waals surface area (Å²) in [5.74, 6) is -1.19. The fraction of sp³-hybridized carbons (Fsp3) is 0.250. The molecule has 1 atom stereocenters. The molecular weight excluding hydrogens is 444 g/mol. The smallest absolute Gasteiger partial charge is 0.295 e. The standard InChI is InChI=1S/C24H23ClN4O4/c1-2-33-19-5-4-17(14-18(19)25)22(30)20-21(16-6-8-26-9-7-16)29(24(32)23(20)31)12-3-11-28-13-10-27-15-28/h4-10,13-15,21,30H,2-3,11-12H2,1H3/b22-20+/t21-/m1/s1. The molecule has 1 amide bonds. The number of ether oxygens (including phenoxy) is 1. The number of imidazole rings is 1. The maximum Gasteiger partial charge on any atom is 0.295 e. The van der Waals surface area contributed by atoms with Crippen LogP contribution < -0.4 is 4.74 Å². The summed E-state index contributed by atoms with van der Waals surface area (Å²) < 4.78 is 7.35. The van der Waals surface area contributed by atoms with Crippen LogP contribution in [0.25, 0.3) is 5.76 Å². The van der Waals surface area contributed by atoms with Crippen LogP contribution in [0.4, 0.5) is 0 Å². The van der Waals surface area contributed by atoms with E-state index < -0.39 is 17.7 Å². The molecular formula is C24H23ClN4O4. The lowest BCUT2D eigenvalue weighted by Crippen LogP contribution is -2.31. The number of carbonyl (C=O) groups excluding carboxylic acids is 2. The summed E-state index contributed by atoms with van der Waals surface area (Å²) >= 11 is 6.29. The molecule has 2 aromatic heterocycles. The largest absolute Gasteiger partial charge is 0.507 e. The van der Waals surface area contributed by atoms with Crippen molar-refractivity contribution in [3.8, 4) is 5.75 Å². The number of rotatable bonds is 8. The second-order valence-electron chi connectivity index (χ2n) is 7.51. The Balaban J connectivity index is 1.71. The van der Waals surface area contributed by atoms with Gasteiger partial charge in [-0.2, -0.15) is 0 Å². The predicted molar refractivity (Wildman–Crippen MR) is 123 cm³/mol. The first kappa shape index (κ1) is 22.5. The van der Waals surface area contributed by atoms with Crippen molar-refractivity contribution < 1.29 is 19.4 Å². The molecule has 3 aromatic rings. The van der Waals surface area contributed by atoms with Crippen molar-refractivity contribution in [3.05, 3.63) is 83.2 Å². The molecule has 1 fully saturated rings. The Kier molecular flexibility index (Phi) is 6.74. The quantitative estimate of drug-likeness (QED) is 0.308. The second kappa shape index (κ2) is 9.87. The molecule has 1 aliphatic heterocycles. The van der Waals surface area contributed by atoms with Crippen LogP contribution >= 0.6 is 11.6 Å². The lowest BCUT2D eigenvalue weighted by atomic mass is 9.96. The topological polar surface area (TPSA) is 97.6 Å². The summed E-state index contributed by atoms with van der Waals surface area (Å²) in [6.45, 7) is 3.25. The van der Waals surface area contributed by atoms with Gasteiger partial charge in [0.05, 0.1) is 29.6 Å². The van der Waals surface area contributed by atoms with E-state index in [2.05, 4.69) is 9.97 Å². The van der Waals surface area contributed by atoms with Crippen LogP contribution in [0.3, 0.4) is 0 Å². The van der Waals surface area contributed by atoms with E-state index in [0.29, 0.717) is 48.0 Å². The van der Waals surface area contributed by atoms with Gasteiger partial charge in [-0.1, -0.05) is 11.6 Å². The van der Waals surface area contributed by atoms with Crippen LogP contribution in [0.15, 0.2) is 67.0 Å². The molecule has 1 N–H and O–H groups in total. The average Bonchev–Trinajstić information content (AvgIpc) is 3.43. The number of amides is 1. The number of Topliss-reactive ketones (excluding diaryl/α,β-unsaturated/α-hetero) is 1. The minimum Gasteiger partial charge on any atom is -0.507 e. The van der Waals surface area contributed by atoms with Gasteiger partial charge in [0.15, 0.2) is 0 Å². The van der Waals surface area contributed by atoms with Gasteiger partial charge < -0.3 is 19.3 Å². The van der Waals surface area contributed by atoms with Gasteiger partial charge in [-0.15, -0.1) is 0 Å². The van der Waals surface area contributed by atoms with Gasteiger partial charge in [-0.25, -0.2) is 4.98 Å². The zero-order chi connectivity index (χ0) is 23.4. The van der Waals surface area contributed by atoms with E-state index >= 15 is 0 Å². The number of carbonyl (C=O) groups is 2. The lowest BCUT2D eigenvalue weighted by molar-refractivity contribution is -0.139. The Bertz CT molecular complexity index is 1180. The third kappa shape index (κ3) is 4.61. The summed E-state index contributed by atoms with van der Waals surface area (Å²) in [4.78, 5) is 35.6. The lowest BCUT2D eigenvalue weighted by Gasteiger charge is -2.25. The van der Waals surface area contributed by atoms with Gasteiger partial charge >= 0.3 is 0 Å². The number of halogens is 1. The maximum absolute atomic E-state index is 13.1. The summed E-state index contributed by atoms with van der Waals surface area (Å²) in [5, 5.41) is 11.4. The zero-order valence-corrected chi connectivity index (χ0v) is 18.8. The van der Waals surface area contributed by atoms with E-state index in [4.69, 9.17) is 16.3 Å². The molecule has 1 aliphatic rings.